The Bertz CT molecular complexity index is 667. The number of amides is 1. The van der Waals surface area contributed by atoms with Crippen molar-refractivity contribution in [1.82, 2.24) is 9.62 Å². The van der Waals surface area contributed by atoms with Crippen LogP contribution in [0, 0.1) is 6.92 Å². The fourth-order valence-electron chi connectivity index (χ4n) is 2.79. The molecule has 0 aliphatic heterocycles. The standard InChI is InChI=1S/C19H32N2O3S/c1-6-9-10-11-16(5)20-19(22)18-14-17(13-12-15(18)4)25(23,24)21(7-2)8-3/h12-14,16H,6-11H2,1-5H3,(H,20,22). The third-order valence-corrected chi connectivity index (χ3v) is 6.46. The van der Waals surface area contributed by atoms with Crippen molar-refractivity contribution in [3.63, 3.8) is 0 Å². The average Bonchev–Trinajstić information content (AvgIpc) is 2.56. The van der Waals surface area contributed by atoms with Gasteiger partial charge in [0.2, 0.25) is 10.0 Å². The molecule has 0 fully saturated rings. The predicted octanol–water partition coefficient (Wildman–Crippen LogP) is 3.72. The van der Waals surface area contributed by atoms with E-state index in [2.05, 4.69) is 12.2 Å². The molecule has 1 rings (SSSR count). The van der Waals surface area contributed by atoms with Crippen molar-refractivity contribution < 1.29 is 13.2 Å². The first-order chi connectivity index (χ1) is 11.8. The maximum Gasteiger partial charge on any atom is 0.251 e. The van der Waals surface area contributed by atoms with Gasteiger partial charge >= 0.3 is 0 Å². The predicted molar refractivity (Wildman–Crippen MR) is 102 cm³/mol. The Balaban J connectivity index is 3.00. The molecule has 1 N–H and O–H groups in total. The fraction of sp³-hybridized carbons (Fsp3) is 0.632. The summed E-state index contributed by atoms with van der Waals surface area (Å²) in [6.45, 7) is 10.4. The number of nitrogens with one attached hydrogen (secondary N) is 1. The Labute approximate surface area is 152 Å². The van der Waals surface area contributed by atoms with Gasteiger partial charge in [0.05, 0.1) is 4.90 Å². The van der Waals surface area contributed by atoms with Crippen molar-refractivity contribution in [2.75, 3.05) is 13.1 Å². The number of hydrogen-bond acceptors (Lipinski definition) is 3. The van der Waals surface area contributed by atoms with E-state index in [1.807, 2.05) is 13.8 Å². The third kappa shape index (κ3) is 5.82. The van der Waals surface area contributed by atoms with Gasteiger partial charge < -0.3 is 5.32 Å². The molecular formula is C19H32N2O3S. The summed E-state index contributed by atoms with van der Waals surface area (Å²) in [6.07, 6.45) is 4.30. The molecule has 0 saturated carbocycles. The molecule has 0 bridgehead atoms. The summed E-state index contributed by atoms with van der Waals surface area (Å²) >= 11 is 0. The van der Waals surface area contributed by atoms with Crippen molar-refractivity contribution in [3.8, 4) is 0 Å². The average molecular weight is 369 g/mol. The molecule has 1 aromatic carbocycles. The lowest BCUT2D eigenvalue weighted by Gasteiger charge is -2.20. The molecule has 0 aromatic heterocycles. The van der Waals surface area contributed by atoms with Gasteiger partial charge in [-0.15, -0.1) is 0 Å². The van der Waals surface area contributed by atoms with E-state index < -0.39 is 10.0 Å². The highest BCUT2D eigenvalue weighted by Gasteiger charge is 2.23. The number of hydrogen-bond donors (Lipinski definition) is 1. The molecule has 0 aliphatic carbocycles. The maximum atomic E-state index is 12.7. The van der Waals surface area contributed by atoms with Gasteiger partial charge in [0.15, 0.2) is 0 Å². The van der Waals surface area contributed by atoms with E-state index in [0.29, 0.717) is 18.7 Å². The Hall–Kier alpha value is -1.40. The monoisotopic (exact) mass is 368 g/mol. The Morgan fingerprint density at radius 2 is 1.80 bits per heavy atom. The third-order valence-electron chi connectivity index (χ3n) is 4.42. The second-order valence-electron chi connectivity index (χ2n) is 6.44. The smallest absolute Gasteiger partial charge is 0.251 e. The molecule has 6 heteroatoms. The van der Waals surface area contributed by atoms with E-state index in [9.17, 15) is 13.2 Å². The number of carbonyl (C=O) groups excluding carboxylic acids is 1. The van der Waals surface area contributed by atoms with Crippen LogP contribution in [0.4, 0.5) is 0 Å². The SMILES string of the molecule is CCCCCC(C)NC(=O)c1cc(S(=O)(=O)N(CC)CC)ccc1C. The quantitative estimate of drug-likeness (QED) is 0.640. The molecule has 0 radical (unpaired) electrons. The summed E-state index contributed by atoms with van der Waals surface area (Å²) in [5.41, 5.74) is 1.20. The summed E-state index contributed by atoms with van der Waals surface area (Å²) < 4.78 is 26.7. The van der Waals surface area contributed by atoms with E-state index in [4.69, 9.17) is 0 Å². The van der Waals surface area contributed by atoms with Crippen LogP contribution in [0.2, 0.25) is 0 Å². The second kappa shape index (κ2) is 9.92. The molecule has 1 unspecified atom stereocenters. The molecular weight excluding hydrogens is 336 g/mol. The minimum atomic E-state index is -3.57. The number of aryl methyl sites for hydroxylation is 1. The van der Waals surface area contributed by atoms with Gasteiger partial charge in [-0.3, -0.25) is 4.79 Å². The van der Waals surface area contributed by atoms with Gasteiger partial charge in [0, 0.05) is 24.7 Å². The normalized spacial score (nSPS) is 13.0. The zero-order valence-electron chi connectivity index (χ0n) is 16.1. The molecule has 0 aliphatic rings. The fourth-order valence-corrected chi connectivity index (χ4v) is 4.28. The molecule has 0 spiro atoms. The van der Waals surface area contributed by atoms with Crippen LogP contribution >= 0.6 is 0 Å². The zero-order chi connectivity index (χ0) is 19.0. The summed E-state index contributed by atoms with van der Waals surface area (Å²) in [5.74, 6) is -0.210. The van der Waals surface area contributed by atoms with E-state index in [0.717, 1.165) is 31.2 Å². The van der Waals surface area contributed by atoms with Gasteiger partial charge in [0.1, 0.15) is 0 Å². The minimum Gasteiger partial charge on any atom is -0.350 e. The molecule has 1 aromatic rings. The van der Waals surface area contributed by atoms with Gasteiger partial charge in [-0.2, -0.15) is 4.31 Å². The first kappa shape index (κ1) is 21.6. The van der Waals surface area contributed by atoms with Gasteiger partial charge in [-0.05, 0) is 38.0 Å². The van der Waals surface area contributed by atoms with Crippen LogP contribution in [0.3, 0.4) is 0 Å². The Morgan fingerprint density at radius 3 is 2.36 bits per heavy atom. The Kier molecular flexibility index (Phi) is 8.59. The number of nitrogens with zero attached hydrogens (tertiary/aromatic N) is 1. The summed E-state index contributed by atoms with van der Waals surface area (Å²) in [5, 5.41) is 2.98. The van der Waals surface area contributed by atoms with Crippen LogP contribution in [-0.4, -0.2) is 37.8 Å². The van der Waals surface area contributed by atoms with Crippen LogP contribution < -0.4 is 5.32 Å². The van der Waals surface area contributed by atoms with Gasteiger partial charge in [-0.1, -0.05) is 46.1 Å². The first-order valence-electron chi connectivity index (χ1n) is 9.19. The lowest BCUT2D eigenvalue weighted by Crippen LogP contribution is -2.34. The lowest BCUT2D eigenvalue weighted by atomic mass is 10.1. The maximum absolute atomic E-state index is 12.7. The van der Waals surface area contributed by atoms with E-state index >= 15 is 0 Å². The highest BCUT2D eigenvalue weighted by molar-refractivity contribution is 7.89. The minimum absolute atomic E-state index is 0.0708. The lowest BCUT2D eigenvalue weighted by molar-refractivity contribution is 0.0937. The van der Waals surface area contributed by atoms with Crippen molar-refractivity contribution in [1.29, 1.82) is 0 Å². The second-order valence-corrected chi connectivity index (χ2v) is 8.37. The number of rotatable bonds is 10. The van der Waals surface area contributed by atoms with Gasteiger partial charge in [0.25, 0.3) is 5.91 Å². The molecule has 0 heterocycles. The number of sulfonamides is 1. The molecule has 0 saturated heterocycles. The molecule has 5 nitrogen and oxygen atoms in total. The van der Waals surface area contributed by atoms with E-state index in [1.54, 1.807) is 26.0 Å². The van der Waals surface area contributed by atoms with Crippen LogP contribution in [0.15, 0.2) is 23.1 Å². The van der Waals surface area contributed by atoms with Crippen LogP contribution in [-0.2, 0) is 10.0 Å². The number of unbranched alkanes of at least 4 members (excludes halogenated alkanes) is 2. The van der Waals surface area contributed by atoms with E-state index in [-0.39, 0.29) is 16.8 Å². The highest BCUT2D eigenvalue weighted by Crippen LogP contribution is 2.20. The number of carbonyl (C=O) groups is 1. The topological polar surface area (TPSA) is 66.5 Å². The van der Waals surface area contributed by atoms with Crippen LogP contribution in [0.25, 0.3) is 0 Å². The largest absolute Gasteiger partial charge is 0.350 e. The summed E-state index contributed by atoms with van der Waals surface area (Å²) in [7, 11) is -3.57. The Morgan fingerprint density at radius 1 is 1.16 bits per heavy atom. The van der Waals surface area contributed by atoms with E-state index in [1.165, 1.54) is 10.4 Å². The van der Waals surface area contributed by atoms with Gasteiger partial charge in [-0.25, -0.2) is 8.42 Å². The molecule has 1 amide bonds. The number of benzene rings is 1. The summed E-state index contributed by atoms with van der Waals surface area (Å²) in [6, 6.07) is 4.84. The molecule has 25 heavy (non-hydrogen) atoms. The van der Waals surface area contributed by atoms with Crippen molar-refractivity contribution in [2.24, 2.45) is 0 Å². The first-order valence-corrected chi connectivity index (χ1v) is 10.6. The zero-order valence-corrected chi connectivity index (χ0v) is 16.9. The molecule has 142 valence electrons. The molecule has 1 atom stereocenters. The van der Waals surface area contributed by atoms with Crippen molar-refractivity contribution in [3.05, 3.63) is 29.3 Å². The van der Waals surface area contributed by atoms with Crippen LogP contribution in [0.1, 0.15) is 69.3 Å². The van der Waals surface area contributed by atoms with Crippen molar-refractivity contribution in [2.45, 2.75) is 71.2 Å². The summed E-state index contributed by atoms with van der Waals surface area (Å²) in [4.78, 5) is 12.7. The van der Waals surface area contributed by atoms with Crippen molar-refractivity contribution >= 4 is 15.9 Å². The highest BCUT2D eigenvalue weighted by atomic mass is 32.2. The van der Waals surface area contributed by atoms with Crippen LogP contribution in [0.5, 0.6) is 0 Å².